The molecule has 1 unspecified atom stereocenters. The molecule has 1 aliphatic heterocycles. The Morgan fingerprint density at radius 2 is 1.70 bits per heavy atom. The van der Waals surface area contributed by atoms with E-state index in [2.05, 4.69) is 40.5 Å². The minimum atomic E-state index is 0.0798. The third-order valence-corrected chi connectivity index (χ3v) is 4.47. The van der Waals surface area contributed by atoms with Crippen molar-refractivity contribution in [3.8, 4) is 0 Å². The molecule has 1 N–H and O–H groups in total. The lowest BCUT2D eigenvalue weighted by atomic mass is 9.95. The lowest BCUT2D eigenvalue weighted by molar-refractivity contribution is -0.118. The van der Waals surface area contributed by atoms with Crippen molar-refractivity contribution < 1.29 is 4.79 Å². The Morgan fingerprint density at radius 3 is 2.43 bits per heavy atom. The largest absolute Gasteiger partial charge is 0.325 e. The molecule has 0 radical (unpaired) electrons. The molecule has 0 saturated carbocycles. The molecule has 2 aromatic rings. The molecule has 3 rings (SSSR count). The Kier molecular flexibility index (Phi) is 5.43. The Bertz CT molecular complexity index is 612. The van der Waals surface area contributed by atoms with E-state index in [9.17, 15) is 4.79 Å². The number of benzene rings is 2. The van der Waals surface area contributed by atoms with E-state index in [1.165, 1.54) is 24.8 Å². The lowest BCUT2D eigenvalue weighted by Crippen LogP contribution is -2.45. The van der Waals surface area contributed by atoms with Gasteiger partial charge in [-0.05, 0) is 43.5 Å². The fourth-order valence-corrected chi connectivity index (χ4v) is 3.29. The van der Waals surface area contributed by atoms with Gasteiger partial charge in [-0.2, -0.15) is 0 Å². The highest BCUT2D eigenvalue weighted by Crippen LogP contribution is 2.20. The second-order valence-corrected chi connectivity index (χ2v) is 6.22. The molecular weight excluding hydrogens is 284 g/mol. The third kappa shape index (κ3) is 4.67. The van der Waals surface area contributed by atoms with Crippen molar-refractivity contribution in [2.24, 2.45) is 0 Å². The first-order valence-corrected chi connectivity index (χ1v) is 8.44. The number of para-hydroxylation sites is 1. The topological polar surface area (TPSA) is 32.3 Å². The summed E-state index contributed by atoms with van der Waals surface area (Å²) >= 11 is 0. The number of nitrogens with one attached hydrogen (secondary N) is 1. The summed E-state index contributed by atoms with van der Waals surface area (Å²) in [6.07, 6.45) is 4.64. The number of carbonyl (C=O) groups excluding carboxylic acids is 1. The smallest absolute Gasteiger partial charge is 0.238 e. The lowest BCUT2D eigenvalue weighted by Gasteiger charge is -2.35. The molecule has 1 heterocycles. The maximum Gasteiger partial charge on any atom is 0.238 e. The van der Waals surface area contributed by atoms with Crippen LogP contribution in [0.1, 0.15) is 24.8 Å². The molecular formula is C20H24N2O. The highest BCUT2D eigenvalue weighted by molar-refractivity contribution is 5.92. The van der Waals surface area contributed by atoms with Crippen molar-refractivity contribution in [3.63, 3.8) is 0 Å². The van der Waals surface area contributed by atoms with Gasteiger partial charge in [0.05, 0.1) is 6.54 Å². The van der Waals surface area contributed by atoms with Crippen LogP contribution in [0.4, 0.5) is 5.69 Å². The van der Waals surface area contributed by atoms with Crippen LogP contribution >= 0.6 is 0 Å². The van der Waals surface area contributed by atoms with Crippen molar-refractivity contribution in [2.45, 2.75) is 31.7 Å². The summed E-state index contributed by atoms with van der Waals surface area (Å²) in [7, 11) is 0. The summed E-state index contributed by atoms with van der Waals surface area (Å²) in [4.78, 5) is 14.7. The van der Waals surface area contributed by atoms with Crippen LogP contribution in [0.15, 0.2) is 60.7 Å². The summed E-state index contributed by atoms with van der Waals surface area (Å²) in [5, 5.41) is 2.99. The van der Waals surface area contributed by atoms with Gasteiger partial charge in [-0.15, -0.1) is 0 Å². The zero-order valence-electron chi connectivity index (χ0n) is 13.4. The summed E-state index contributed by atoms with van der Waals surface area (Å²) < 4.78 is 0. The number of hydrogen-bond donors (Lipinski definition) is 1. The Labute approximate surface area is 138 Å². The van der Waals surface area contributed by atoms with Crippen LogP contribution < -0.4 is 5.32 Å². The molecule has 0 aromatic heterocycles. The number of hydrogen-bond acceptors (Lipinski definition) is 2. The van der Waals surface area contributed by atoms with E-state index in [1.807, 2.05) is 30.3 Å². The SMILES string of the molecule is O=C(CN1CCCCC1Cc1ccccc1)Nc1ccccc1. The molecule has 1 saturated heterocycles. The summed E-state index contributed by atoms with van der Waals surface area (Å²) in [6.45, 7) is 1.49. The molecule has 1 fully saturated rings. The predicted octanol–water partition coefficient (Wildman–Crippen LogP) is 3.72. The van der Waals surface area contributed by atoms with E-state index in [0.29, 0.717) is 12.6 Å². The van der Waals surface area contributed by atoms with Crippen molar-refractivity contribution >= 4 is 11.6 Å². The van der Waals surface area contributed by atoms with Gasteiger partial charge in [-0.25, -0.2) is 0 Å². The van der Waals surface area contributed by atoms with Crippen LogP contribution in [-0.2, 0) is 11.2 Å². The molecule has 0 bridgehead atoms. The zero-order chi connectivity index (χ0) is 15.9. The second kappa shape index (κ2) is 7.93. The van der Waals surface area contributed by atoms with E-state index >= 15 is 0 Å². The molecule has 1 aliphatic rings. The van der Waals surface area contributed by atoms with E-state index in [-0.39, 0.29) is 5.91 Å². The number of carbonyl (C=O) groups is 1. The maximum atomic E-state index is 12.3. The first-order valence-electron chi connectivity index (χ1n) is 8.44. The van der Waals surface area contributed by atoms with Gasteiger partial charge in [0, 0.05) is 11.7 Å². The van der Waals surface area contributed by atoms with Crippen LogP contribution in [0.2, 0.25) is 0 Å². The van der Waals surface area contributed by atoms with E-state index in [1.54, 1.807) is 0 Å². The van der Waals surface area contributed by atoms with Gasteiger partial charge < -0.3 is 5.32 Å². The van der Waals surface area contributed by atoms with Gasteiger partial charge in [0.2, 0.25) is 5.91 Å². The molecule has 23 heavy (non-hydrogen) atoms. The minimum Gasteiger partial charge on any atom is -0.325 e. The minimum absolute atomic E-state index is 0.0798. The van der Waals surface area contributed by atoms with Gasteiger partial charge in [0.15, 0.2) is 0 Å². The molecule has 0 aliphatic carbocycles. The van der Waals surface area contributed by atoms with Gasteiger partial charge in [0.1, 0.15) is 0 Å². The zero-order valence-corrected chi connectivity index (χ0v) is 13.4. The summed E-state index contributed by atoms with van der Waals surface area (Å²) in [6, 6.07) is 20.7. The van der Waals surface area contributed by atoms with E-state index in [0.717, 1.165) is 18.7 Å². The number of amides is 1. The molecule has 120 valence electrons. The number of rotatable bonds is 5. The molecule has 0 spiro atoms. The van der Waals surface area contributed by atoms with E-state index < -0.39 is 0 Å². The van der Waals surface area contributed by atoms with Crippen LogP contribution in [0, 0.1) is 0 Å². The average molecular weight is 308 g/mol. The Balaban J connectivity index is 1.59. The standard InChI is InChI=1S/C20H24N2O/c23-20(21-18-11-5-2-6-12-18)16-22-14-8-7-13-19(22)15-17-9-3-1-4-10-17/h1-6,9-12,19H,7-8,13-16H2,(H,21,23). The maximum absolute atomic E-state index is 12.3. The van der Waals surface area contributed by atoms with Crippen LogP contribution in [-0.4, -0.2) is 29.9 Å². The number of anilines is 1. The molecule has 3 heteroatoms. The number of piperidine rings is 1. The van der Waals surface area contributed by atoms with Crippen LogP contribution in [0.5, 0.6) is 0 Å². The molecule has 2 aromatic carbocycles. The fraction of sp³-hybridized carbons (Fsp3) is 0.350. The first-order chi connectivity index (χ1) is 11.3. The number of nitrogens with zero attached hydrogens (tertiary/aromatic N) is 1. The van der Waals surface area contributed by atoms with Crippen molar-refractivity contribution in [2.75, 3.05) is 18.4 Å². The highest BCUT2D eigenvalue weighted by atomic mass is 16.2. The van der Waals surface area contributed by atoms with Gasteiger partial charge in [0.25, 0.3) is 0 Å². The molecule has 1 amide bonds. The van der Waals surface area contributed by atoms with E-state index in [4.69, 9.17) is 0 Å². The second-order valence-electron chi connectivity index (χ2n) is 6.22. The van der Waals surface area contributed by atoms with Gasteiger partial charge in [-0.3, -0.25) is 9.69 Å². The average Bonchev–Trinajstić information content (AvgIpc) is 2.58. The quantitative estimate of drug-likeness (QED) is 0.913. The Hall–Kier alpha value is -2.13. The summed E-state index contributed by atoms with van der Waals surface area (Å²) in [5.74, 6) is 0.0798. The van der Waals surface area contributed by atoms with Crippen LogP contribution in [0.25, 0.3) is 0 Å². The monoisotopic (exact) mass is 308 g/mol. The number of likely N-dealkylation sites (tertiary alicyclic amines) is 1. The summed E-state index contributed by atoms with van der Waals surface area (Å²) in [5.41, 5.74) is 2.22. The first kappa shape index (κ1) is 15.8. The van der Waals surface area contributed by atoms with Crippen molar-refractivity contribution in [1.29, 1.82) is 0 Å². The van der Waals surface area contributed by atoms with Gasteiger partial charge >= 0.3 is 0 Å². The normalized spacial score (nSPS) is 18.5. The predicted molar refractivity (Wildman–Crippen MR) is 94.4 cm³/mol. The molecule has 1 atom stereocenters. The highest BCUT2D eigenvalue weighted by Gasteiger charge is 2.24. The van der Waals surface area contributed by atoms with Crippen molar-refractivity contribution in [1.82, 2.24) is 4.90 Å². The van der Waals surface area contributed by atoms with Gasteiger partial charge in [-0.1, -0.05) is 55.0 Å². The fourth-order valence-electron chi connectivity index (χ4n) is 3.29. The van der Waals surface area contributed by atoms with Crippen molar-refractivity contribution in [3.05, 3.63) is 66.2 Å². The molecule has 3 nitrogen and oxygen atoms in total. The Morgan fingerprint density at radius 1 is 1.00 bits per heavy atom. The third-order valence-electron chi connectivity index (χ3n) is 4.47. The van der Waals surface area contributed by atoms with Crippen LogP contribution in [0.3, 0.4) is 0 Å².